The maximum atomic E-state index is 11.9. The lowest BCUT2D eigenvalue weighted by molar-refractivity contribution is -0.138. The van der Waals surface area contributed by atoms with Crippen LogP contribution in [0.2, 0.25) is 0 Å². The van der Waals surface area contributed by atoms with Crippen molar-refractivity contribution < 1.29 is 18.3 Å². The third-order valence-electron chi connectivity index (χ3n) is 3.01. The monoisotopic (exact) mass is 226 g/mol. The van der Waals surface area contributed by atoms with Crippen LogP contribution in [0.5, 0.6) is 0 Å². The Bertz CT molecular complexity index is 171. The molecule has 0 heterocycles. The molecule has 1 atom stereocenters. The minimum atomic E-state index is -4.11. The summed E-state index contributed by atoms with van der Waals surface area (Å²) in [5.74, 6) is 0.0886. The molecule has 0 fully saturated rings. The summed E-state index contributed by atoms with van der Waals surface area (Å²) in [5, 5.41) is 10.0. The van der Waals surface area contributed by atoms with Crippen LogP contribution in [0, 0.1) is 5.92 Å². The molecule has 0 aliphatic heterocycles. The molecule has 0 bridgehead atoms. The molecule has 0 aromatic heterocycles. The van der Waals surface area contributed by atoms with Gasteiger partial charge in [-0.2, -0.15) is 13.2 Å². The number of halogens is 3. The van der Waals surface area contributed by atoms with Gasteiger partial charge in [0.05, 0.1) is 5.60 Å². The molecule has 4 heteroatoms. The number of hydrogen-bond donors (Lipinski definition) is 1. The van der Waals surface area contributed by atoms with Crippen molar-refractivity contribution in [2.24, 2.45) is 5.92 Å². The van der Waals surface area contributed by atoms with Crippen molar-refractivity contribution in [2.45, 2.75) is 64.7 Å². The van der Waals surface area contributed by atoms with Gasteiger partial charge >= 0.3 is 6.18 Å². The van der Waals surface area contributed by atoms with Gasteiger partial charge in [-0.25, -0.2) is 0 Å². The predicted octanol–water partition coefficient (Wildman–Crippen LogP) is 3.91. The summed E-state index contributed by atoms with van der Waals surface area (Å²) in [4.78, 5) is 0. The molecular formula is C11H21F3O. The van der Waals surface area contributed by atoms with E-state index in [1.54, 1.807) is 6.92 Å². The molecule has 0 aromatic carbocycles. The van der Waals surface area contributed by atoms with E-state index >= 15 is 0 Å². The molecule has 0 saturated carbocycles. The molecule has 1 nitrogen and oxygen atoms in total. The van der Waals surface area contributed by atoms with Crippen molar-refractivity contribution in [1.29, 1.82) is 0 Å². The minimum absolute atomic E-state index is 0.00694. The van der Waals surface area contributed by atoms with E-state index in [4.69, 9.17) is 0 Å². The normalized spacial score (nSPS) is 16.8. The Balaban J connectivity index is 4.03. The smallest absolute Gasteiger partial charge is 0.389 e. The molecule has 0 aliphatic rings. The molecule has 0 saturated heterocycles. The summed E-state index contributed by atoms with van der Waals surface area (Å²) in [6, 6.07) is 0. The first-order valence-corrected chi connectivity index (χ1v) is 5.52. The van der Waals surface area contributed by atoms with Gasteiger partial charge in [-0.05, 0) is 25.7 Å². The Kier molecular flexibility index (Phi) is 5.63. The van der Waals surface area contributed by atoms with E-state index in [0.29, 0.717) is 0 Å². The summed E-state index contributed by atoms with van der Waals surface area (Å²) in [7, 11) is 0. The Morgan fingerprint density at radius 3 is 1.87 bits per heavy atom. The maximum absolute atomic E-state index is 11.9. The summed E-state index contributed by atoms with van der Waals surface area (Å²) in [6.07, 6.45) is -3.08. The molecule has 92 valence electrons. The predicted molar refractivity (Wildman–Crippen MR) is 54.6 cm³/mol. The van der Waals surface area contributed by atoms with Crippen molar-refractivity contribution in [1.82, 2.24) is 0 Å². The number of rotatable bonds is 6. The highest BCUT2D eigenvalue weighted by Crippen LogP contribution is 2.31. The summed E-state index contributed by atoms with van der Waals surface area (Å²) in [6.45, 7) is 5.54. The Morgan fingerprint density at radius 2 is 1.53 bits per heavy atom. The van der Waals surface area contributed by atoms with Crippen LogP contribution >= 0.6 is 0 Å². The summed E-state index contributed by atoms with van der Waals surface area (Å²) in [5.41, 5.74) is -0.964. The van der Waals surface area contributed by atoms with Gasteiger partial charge in [-0.3, -0.25) is 0 Å². The van der Waals surface area contributed by atoms with Crippen molar-refractivity contribution in [3.63, 3.8) is 0 Å². The van der Waals surface area contributed by atoms with E-state index < -0.39 is 18.2 Å². The first-order valence-electron chi connectivity index (χ1n) is 5.52. The number of alkyl halides is 3. The van der Waals surface area contributed by atoms with Gasteiger partial charge in [0.25, 0.3) is 0 Å². The zero-order valence-corrected chi connectivity index (χ0v) is 9.69. The fraction of sp³-hybridized carbons (Fsp3) is 1.00. The van der Waals surface area contributed by atoms with Gasteiger partial charge in [0.2, 0.25) is 0 Å². The fourth-order valence-corrected chi connectivity index (χ4v) is 2.02. The lowest BCUT2D eigenvalue weighted by Gasteiger charge is -2.31. The zero-order valence-electron chi connectivity index (χ0n) is 9.69. The topological polar surface area (TPSA) is 20.2 Å². The lowest BCUT2D eigenvalue weighted by atomic mass is 9.81. The number of aliphatic hydroxyl groups is 1. The standard InChI is InChI=1S/C11H21F3O/c1-4-9(5-2)10(3,15)7-6-8-11(12,13)14/h9,15H,4-8H2,1-3H3. The van der Waals surface area contributed by atoms with Crippen LogP contribution in [0.3, 0.4) is 0 Å². The number of hydrogen-bond acceptors (Lipinski definition) is 1. The van der Waals surface area contributed by atoms with Crippen LogP contribution in [0.15, 0.2) is 0 Å². The zero-order chi connectivity index (χ0) is 12.1. The molecule has 1 unspecified atom stereocenters. The second kappa shape index (κ2) is 5.73. The van der Waals surface area contributed by atoms with Gasteiger partial charge < -0.3 is 5.11 Å². The second-order valence-corrected chi connectivity index (χ2v) is 4.34. The maximum Gasteiger partial charge on any atom is 0.389 e. The van der Waals surface area contributed by atoms with Gasteiger partial charge in [0, 0.05) is 6.42 Å². The average Bonchev–Trinajstić information content (AvgIpc) is 2.02. The van der Waals surface area contributed by atoms with Gasteiger partial charge in [-0.1, -0.05) is 26.7 Å². The van der Waals surface area contributed by atoms with E-state index in [-0.39, 0.29) is 18.8 Å². The molecule has 0 amide bonds. The van der Waals surface area contributed by atoms with Crippen LogP contribution in [-0.4, -0.2) is 16.9 Å². The third kappa shape index (κ3) is 6.03. The van der Waals surface area contributed by atoms with Gasteiger partial charge in [0.1, 0.15) is 0 Å². The van der Waals surface area contributed by atoms with E-state index in [2.05, 4.69) is 0 Å². The molecule has 15 heavy (non-hydrogen) atoms. The van der Waals surface area contributed by atoms with Crippen LogP contribution in [-0.2, 0) is 0 Å². The first kappa shape index (κ1) is 14.8. The average molecular weight is 226 g/mol. The first-order chi connectivity index (χ1) is 6.73. The van der Waals surface area contributed by atoms with Gasteiger partial charge in [-0.15, -0.1) is 0 Å². The van der Waals surface area contributed by atoms with Gasteiger partial charge in [0.15, 0.2) is 0 Å². The van der Waals surface area contributed by atoms with Crippen LogP contribution in [0.25, 0.3) is 0 Å². The molecule has 0 aromatic rings. The molecule has 0 spiro atoms. The van der Waals surface area contributed by atoms with E-state index in [1.807, 2.05) is 13.8 Å². The molecule has 1 N–H and O–H groups in total. The highest BCUT2D eigenvalue weighted by Gasteiger charge is 2.32. The Morgan fingerprint density at radius 1 is 1.07 bits per heavy atom. The van der Waals surface area contributed by atoms with Crippen molar-refractivity contribution in [2.75, 3.05) is 0 Å². The second-order valence-electron chi connectivity index (χ2n) is 4.34. The highest BCUT2D eigenvalue weighted by molar-refractivity contribution is 4.80. The molecule has 0 rings (SSSR count). The van der Waals surface area contributed by atoms with Crippen LogP contribution in [0.1, 0.15) is 52.9 Å². The third-order valence-corrected chi connectivity index (χ3v) is 3.01. The van der Waals surface area contributed by atoms with Crippen molar-refractivity contribution in [3.8, 4) is 0 Å². The Hall–Kier alpha value is -0.250. The minimum Gasteiger partial charge on any atom is -0.390 e. The van der Waals surface area contributed by atoms with Crippen molar-refractivity contribution in [3.05, 3.63) is 0 Å². The summed E-state index contributed by atoms with van der Waals surface area (Å²) >= 11 is 0. The molecule has 0 radical (unpaired) electrons. The highest BCUT2D eigenvalue weighted by atomic mass is 19.4. The summed E-state index contributed by atoms with van der Waals surface area (Å²) < 4.78 is 35.7. The van der Waals surface area contributed by atoms with E-state index in [1.165, 1.54) is 0 Å². The fourth-order valence-electron chi connectivity index (χ4n) is 2.02. The quantitative estimate of drug-likeness (QED) is 0.728. The molecular weight excluding hydrogens is 205 g/mol. The van der Waals surface area contributed by atoms with E-state index in [0.717, 1.165) is 12.8 Å². The largest absolute Gasteiger partial charge is 0.390 e. The SMILES string of the molecule is CCC(CC)C(C)(O)CCCC(F)(F)F. The van der Waals surface area contributed by atoms with Crippen LogP contribution < -0.4 is 0 Å². The van der Waals surface area contributed by atoms with Crippen LogP contribution in [0.4, 0.5) is 13.2 Å². The Labute approximate surface area is 89.7 Å². The lowest BCUT2D eigenvalue weighted by Crippen LogP contribution is -2.34. The van der Waals surface area contributed by atoms with E-state index in [9.17, 15) is 18.3 Å². The molecule has 0 aliphatic carbocycles. The van der Waals surface area contributed by atoms with Crippen molar-refractivity contribution >= 4 is 0 Å².